The molecule has 5 nitrogen and oxygen atoms in total. The first-order chi connectivity index (χ1) is 13.8. The van der Waals surface area contributed by atoms with E-state index in [0.717, 1.165) is 11.3 Å². The summed E-state index contributed by atoms with van der Waals surface area (Å²) in [6.45, 7) is 6.14. The number of hydrogen-bond acceptors (Lipinski definition) is 5. The summed E-state index contributed by atoms with van der Waals surface area (Å²) in [4.78, 5) is 16.7. The van der Waals surface area contributed by atoms with Crippen molar-refractivity contribution in [1.82, 2.24) is 0 Å². The molecule has 0 spiro atoms. The van der Waals surface area contributed by atoms with Gasteiger partial charge in [0.1, 0.15) is 17.3 Å². The second kappa shape index (κ2) is 8.97. The van der Waals surface area contributed by atoms with E-state index in [9.17, 15) is 9.90 Å². The Balaban J connectivity index is 1.80. The van der Waals surface area contributed by atoms with Crippen LogP contribution in [0.25, 0.3) is 11.3 Å². The number of hydrogen-bond donors (Lipinski definition) is 1. The maximum absolute atomic E-state index is 12.3. The molecular weight excluding hydrogens is 390 g/mol. The number of rotatable bonds is 6. The summed E-state index contributed by atoms with van der Waals surface area (Å²) in [5.74, 6) is 1.13. The lowest BCUT2D eigenvalue weighted by Crippen LogP contribution is -2.10. The first-order valence-electron chi connectivity index (χ1n) is 9.24. The van der Waals surface area contributed by atoms with Crippen molar-refractivity contribution >= 4 is 29.5 Å². The van der Waals surface area contributed by atoms with Crippen LogP contribution in [0.2, 0.25) is 5.02 Å². The van der Waals surface area contributed by atoms with Crippen LogP contribution in [0.4, 0.5) is 5.69 Å². The molecule has 0 radical (unpaired) electrons. The Morgan fingerprint density at radius 3 is 2.72 bits per heavy atom. The molecule has 29 heavy (non-hydrogen) atoms. The van der Waals surface area contributed by atoms with Crippen molar-refractivity contribution in [2.45, 2.75) is 20.8 Å². The minimum absolute atomic E-state index is 0.201. The molecule has 1 N–H and O–H groups in total. The number of aryl methyl sites for hydroxylation is 1. The van der Waals surface area contributed by atoms with Gasteiger partial charge in [-0.2, -0.15) is 0 Å². The van der Waals surface area contributed by atoms with E-state index >= 15 is 0 Å². The molecule has 3 aromatic rings. The van der Waals surface area contributed by atoms with Gasteiger partial charge >= 0.3 is 5.97 Å². The number of carbonyl (C=O) groups excluding carboxylic acids is 1. The van der Waals surface area contributed by atoms with Crippen molar-refractivity contribution in [2.24, 2.45) is 10.9 Å². The Kier molecular flexibility index (Phi) is 6.39. The lowest BCUT2D eigenvalue weighted by molar-refractivity contribution is 0.0459. The molecular formula is C23H22ClNO4. The molecule has 2 aromatic carbocycles. The molecule has 6 heteroatoms. The van der Waals surface area contributed by atoms with Gasteiger partial charge in [0, 0.05) is 5.56 Å². The number of phenolic OH excluding ortho intramolecular Hbond substituents is 1. The van der Waals surface area contributed by atoms with Gasteiger partial charge in [-0.3, -0.25) is 4.99 Å². The molecule has 0 saturated heterocycles. The summed E-state index contributed by atoms with van der Waals surface area (Å²) in [6, 6.07) is 13.7. The minimum atomic E-state index is -0.457. The molecule has 0 saturated carbocycles. The lowest BCUT2D eigenvalue weighted by Gasteiger charge is -2.09. The number of aliphatic imine (C=N–C) groups is 1. The summed E-state index contributed by atoms with van der Waals surface area (Å²) >= 11 is 6.17. The number of furan rings is 1. The Labute approximate surface area is 174 Å². The highest BCUT2D eigenvalue weighted by atomic mass is 35.5. The second-order valence-electron chi connectivity index (χ2n) is 7.12. The topological polar surface area (TPSA) is 72.0 Å². The number of benzene rings is 2. The SMILES string of the molecule is Cc1cc(O)ccc1N=Cc1ccc(-c2ccc(Cl)c(C(=O)OCC(C)C)c2)o1. The van der Waals surface area contributed by atoms with Crippen LogP contribution in [0.1, 0.15) is 35.5 Å². The lowest BCUT2D eigenvalue weighted by atomic mass is 10.1. The fourth-order valence-corrected chi connectivity index (χ4v) is 2.84. The van der Waals surface area contributed by atoms with Gasteiger partial charge in [0.15, 0.2) is 0 Å². The highest BCUT2D eigenvalue weighted by Crippen LogP contribution is 2.28. The number of phenols is 1. The van der Waals surface area contributed by atoms with Crippen molar-refractivity contribution in [2.75, 3.05) is 6.61 Å². The van der Waals surface area contributed by atoms with Crippen LogP contribution in [0.5, 0.6) is 5.75 Å². The minimum Gasteiger partial charge on any atom is -0.508 e. The fourth-order valence-electron chi connectivity index (χ4n) is 2.65. The maximum atomic E-state index is 12.3. The third-order valence-electron chi connectivity index (χ3n) is 4.16. The third-order valence-corrected chi connectivity index (χ3v) is 4.49. The zero-order valence-electron chi connectivity index (χ0n) is 16.5. The predicted octanol–water partition coefficient (Wildman–Crippen LogP) is 6.18. The van der Waals surface area contributed by atoms with Crippen LogP contribution < -0.4 is 0 Å². The molecule has 0 atom stereocenters. The molecule has 3 rings (SSSR count). The monoisotopic (exact) mass is 411 g/mol. The molecule has 0 bridgehead atoms. The van der Waals surface area contributed by atoms with Gasteiger partial charge in [0.25, 0.3) is 0 Å². The number of nitrogens with zero attached hydrogens (tertiary/aromatic N) is 1. The van der Waals surface area contributed by atoms with E-state index in [0.29, 0.717) is 34.3 Å². The molecule has 1 aromatic heterocycles. The molecule has 0 fully saturated rings. The average Bonchev–Trinajstić information content (AvgIpc) is 3.15. The summed E-state index contributed by atoms with van der Waals surface area (Å²) in [7, 11) is 0. The smallest absolute Gasteiger partial charge is 0.339 e. The van der Waals surface area contributed by atoms with Gasteiger partial charge in [0.05, 0.1) is 29.1 Å². The Bertz CT molecular complexity index is 1050. The van der Waals surface area contributed by atoms with Crippen molar-refractivity contribution < 1.29 is 19.1 Å². The van der Waals surface area contributed by atoms with Gasteiger partial charge in [0.2, 0.25) is 0 Å². The van der Waals surface area contributed by atoms with Gasteiger partial charge in [-0.05, 0) is 66.9 Å². The second-order valence-corrected chi connectivity index (χ2v) is 7.53. The summed E-state index contributed by atoms with van der Waals surface area (Å²) in [5, 5.41) is 9.81. The zero-order chi connectivity index (χ0) is 21.0. The highest BCUT2D eigenvalue weighted by Gasteiger charge is 2.15. The highest BCUT2D eigenvalue weighted by molar-refractivity contribution is 6.33. The molecule has 0 aliphatic heterocycles. The fraction of sp³-hybridized carbons (Fsp3) is 0.217. The van der Waals surface area contributed by atoms with E-state index in [-0.39, 0.29) is 11.7 Å². The van der Waals surface area contributed by atoms with E-state index in [1.165, 1.54) is 0 Å². The van der Waals surface area contributed by atoms with Gasteiger partial charge < -0.3 is 14.3 Å². The zero-order valence-corrected chi connectivity index (χ0v) is 17.2. The number of aromatic hydroxyl groups is 1. The Hall–Kier alpha value is -3.05. The maximum Gasteiger partial charge on any atom is 0.339 e. The van der Waals surface area contributed by atoms with Crippen LogP contribution in [-0.2, 0) is 4.74 Å². The largest absolute Gasteiger partial charge is 0.508 e. The summed E-state index contributed by atoms with van der Waals surface area (Å²) < 4.78 is 11.1. The molecule has 150 valence electrons. The van der Waals surface area contributed by atoms with E-state index in [1.54, 1.807) is 54.7 Å². The van der Waals surface area contributed by atoms with Crippen LogP contribution >= 0.6 is 11.6 Å². The van der Waals surface area contributed by atoms with Gasteiger partial charge in [-0.25, -0.2) is 4.79 Å². The van der Waals surface area contributed by atoms with Crippen molar-refractivity contribution in [3.8, 4) is 17.1 Å². The van der Waals surface area contributed by atoms with Gasteiger partial charge in [-0.1, -0.05) is 25.4 Å². The van der Waals surface area contributed by atoms with Crippen LogP contribution in [0.3, 0.4) is 0 Å². The van der Waals surface area contributed by atoms with E-state index in [4.69, 9.17) is 20.8 Å². The number of esters is 1. The van der Waals surface area contributed by atoms with Crippen LogP contribution in [0, 0.1) is 12.8 Å². The van der Waals surface area contributed by atoms with Crippen molar-refractivity contribution in [3.05, 3.63) is 70.4 Å². The number of ether oxygens (including phenoxy) is 1. The Morgan fingerprint density at radius 1 is 1.21 bits per heavy atom. The predicted molar refractivity (Wildman–Crippen MR) is 114 cm³/mol. The molecule has 0 aliphatic carbocycles. The third kappa shape index (κ3) is 5.27. The van der Waals surface area contributed by atoms with E-state index in [2.05, 4.69) is 4.99 Å². The van der Waals surface area contributed by atoms with E-state index in [1.807, 2.05) is 20.8 Å². The quantitative estimate of drug-likeness (QED) is 0.388. The molecule has 1 heterocycles. The van der Waals surface area contributed by atoms with Crippen LogP contribution in [-0.4, -0.2) is 23.9 Å². The standard InChI is InChI=1S/C23H22ClNO4/c1-14(2)13-28-23(27)19-11-16(4-7-20(19)24)22-9-6-18(29-22)12-25-21-8-5-17(26)10-15(21)3/h4-12,14,26H,13H2,1-3H3. The first kappa shape index (κ1) is 20.7. The summed E-state index contributed by atoms with van der Waals surface area (Å²) in [5.41, 5.74) is 2.61. The number of halogens is 1. The molecule has 0 amide bonds. The van der Waals surface area contributed by atoms with Crippen LogP contribution in [0.15, 0.2) is 57.9 Å². The van der Waals surface area contributed by atoms with E-state index < -0.39 is 5.97 Å². The normalized spacial score (nSPS) is 11.3. The average molecular weight is 412 g/mol. The number of carbonyl (C=O) groups is 1. The molecule has 0 unspecified atom stereocenters. The Morgan fingerprint density at radius 2 is 2.00 bits per heavy atom. The summed E-state index contributed by atoms with van der Waals surface area (Å²) in [6.07, 6.45) is 1.61. The van der Waals surface area contributed by atoms with Crippen molar-refractivity contribution in [3.63, 3.8) is 0 Å². The van der Waals surface area contributed by atoms with Crippen molar-refractivity contribution in [1.29, 1.82) is 0 Å². The molecule has 0 aliphatic rings. The van der Waals surface area contributed by atoms with Gasteiger partial charge in [-0.15, -0.1) is 0 Å². The first-order valence-corrected chi connectivity index (χ1v) is 9.62.